The lowest BCUT2D eigenvalue weighted by Gasteiger charge is -2.07. The summed E-state index contributed by atoms with van der Waals surface area (Å²) in [6, 6.07) is 5.86. The number of benzene rings is 1. The highest BCUT2D eigenvalue weighted by Crippen LogP contribution is 2.36. The standard InChI is InChI=1S/C11H11ClIN3S/c1-2-17-8-4-3-6(12)5-7(8)10-9(13)11(14)16-15-10/h3-5H,2H2,1H3,(H3,14,15,16). The van der Waals surface area contributed by atoms with E-state index in [0.29, 0.717) is 10.8 Å². The van der Waals surface area contributed by atoms with Gasteiger partial charge in [0.2, 0.25) is 0 Å². The molecule has 0 unspecified atom stereocenters. The summed E-state index contributed by atoms with van der Waals surface area (Å²) in [5, 5.41) is 7.69. The molecule has 6 heteroatoms. The topological polar surface area (TPSA) is 54.7 Å². The molecule has 0 aliphatic rings. The van der Waals surface area contributed by atoms with Crippen molar-refractivity contribution in [3.8, 4) is 11.3 Å². The molecule has 0 fully saturated rings. The van der Waals surface area contributed by atoms with Gasteiger partial charge in [0, 0.05) is 15.5 Å². The van der Waals surface area contributed by atoms with Gasteiger partial charge in [0.1, 0.15) is 0 Å². The second-order valence-corrected chi connectivity index (χ2v) is 6.19. The van der Waals surface area contributed by atoms with Crippen LogP contribution < -0.4 is 5.73 Å². The number of nitrogens with two attached hydrogens (primary N) is 1. The molecule has 0 aliphatic carbocycles. The number of rotatable bonds is 3. The zero-order valence-electron chi connectivity index (χ0n) is 9.13. The maximum Gasteiger partial charge on any atom is 0.159 e. The van der Waals surface area contributed by atoms with E-state index in [4.69, 9.17) is 17.3 Å². The van der Waals surface area contributed by atoms with E-state index < -0.39 is 0 Å². The number of nitrogens with zero attached hydrogens (tertiary/aromatic N) is 1. The highest BCUT2D eigenvalue weighted by molar-refractivity contribution is 14.1. The molecular formula is C11H11ClIN3S. The summed E-state index contributed by atoms with van der Waals surface area (Å²) >= 11 is 10.0. The van der Waals surface area contributed by atoms with Crippen LogP contribution in [0.25, 0.3) is 11.3 Å². The van der Waals surface area contributed by atoms with E-state index in [1.807, 2.05) is 18.2 Å². The molecule has 0 amide bonds. The minimum absolute atomic E-state index is 0.521. The first-order valence-corrected chi connectivity index (χ1v) is 7.49. The fourth-order valence-corrected chi connectivity index (χ4v) is 3.00. The Bertz CT molecular complexity index is 542. The number of halogens is 2. The number of H-pyrrole nitrogens is 1. The van der Waals surface area contributed by atoms with Crippen molar-refractivity contribution >= 4 is 51.8 Å². The Morgan fingerprint density at radius 3 is 2.88 bits per heavy atom. The van der Waals surface area contributed by atoms with Crippen molar-refractivity contribution in [3.63, 3.8) is 0 Å². The largest absolute Gasteiger partial charge is 0.381 e. The number of thioether (sulfide) groups is 1. The van der Waals surface area contributed by atoms with Crippen LogP contribution in [-0.4, -0.2) is 16.0 Å². The first-order valence-electron chi connectivity index (χ1n) is 5.05. The number of nitrogen functional groups attached to an aromatic ring is 1. The molecule has 1 aromatic carbocycles. The third-order valence-electron chi connectivity index (χ3n) is 2.24. The van der Waals surface area contributed by atoms with Gasteiger partial charge >= 0.3 is 0 Å². The van der Waals surface area contributed by atoms with Gasteiger partial charge in [-0.3, -0.25) is 5.10 Å². The average molecular weight is 380 g/mol. The maximum atomic E-state index is 6.05. The third kappa shape index (κ3) is 2.71. The van der Waals surface area contributed by atoms with Crippen LogP contribution in [0.3, 0.4) is 0 Å². The molecule has 0 aliphatic heterocycles. The highest BCUT2D eigenvalue weighted by atomic mass is 127. The predicted molar refractivity (Wildman–Crippen MR) is 82.6 cm³/mol. The molecule has 0 saturated carbocycles. The number of aromatic nitrogens is 2. The molecule has 0 bridgehead atoms. The molecule has 0 saturated heterocycles. The van der Waals surface area contributed by atoms with Gasteiger partial charge in [0.15, 0.2) is 5.82 Å². The quantitative estimate of drug-likeness (QED) is 0.625. The van der Waals surface area contributed by atoms with E-state index in [0.717, 1.165) is 20.6 Å². The van der Waals surface area contributed by atoms with Crippen LogP contribution in [0.1, 0.15) is 6.92 Å². The Labute approximate surface area is 123 Å². The van der Waals surface area contributed by atoms with Gasteiger partial charge in [-0.15, -0.1) is 11.8 Å². The molecule has 1 heterocycles. The highest BCUT2D eigenvalue weighted by Gasteiger charge is 2.14. The van der Waals surface area contributed by atoms with Gasteiger partial charge in [-0.25, -0.2) is 0 Å². The Balaban J connectivity index is 2.56. The Morgan fingerprint density at radius 2 is 2.29 bits per heavy atom. The molecule has 2 aromatic rings. The van der Waals surface area contributed by atoms with Crippen LogP contribution in [-0.2, 0) is 0 Å². The van der Waals surface area contributed by atoms with Crippen LogP contribution in [0.4, 0.5) is 5.82 Å². The summed E-state index contributed by atoms with van der Waals surface area (Å²) in [5.41, 5.74) is 7.74. The Hall–Kier alpha value is -0.400. The van der Waals surface area contributed by atoms with Crippen LogP contribution >= 0.6 is 46.0 Å². The molecule has 17 heavy (non-hydrogen) atoms. The fraction of sp³-hybridized carbons (Fsp3) is 0.182. The first kappa shape index (κ1) is 13.0. The third-order valence-corrected chi connectivity index (χ3v) is 4.53. The lowest BCUT2D eigenvalue weighted by Crippen LogP contribution is -1.88. The molecular weight excluding hydrogens is 369 g/mol. The molecule has 3 N–H and O–H groups in total. The molecule has 90 valence electrons. The Morgan fingerprint density at radius 1 is 1.53 bits per heavy atom. The van der Waals surface area contributed by atoms with E-state index in [1.54, 1.807) is 11.8 Å². The lowest BCUT2D eigenvalue weighted by atomic mass is 10.1. The molecule has 0 atom stereocenters. The van der Waals surface area contributed by atoms with Gasteiger partial charge in [-0.1, -0.05) is 18.5 Å². The van der Waals surface area contributed by atoms with Gasteiger partial charge in [0.05, 0.1) is 9.26 Å². The van der Waals surface area contributed by atoms with Gasteiger partial charge < -0.3 is 5.73 Å². The second-order valence-electron chi connectivity index (χ2n) is 3.37. The van der Waals surface area contributed by atoms with Crippen molar-refractivity contribution in [1.29, 1.82) is 0 Å². The van der Waals surface area contributed by atoms with Crippen molar-refractivity contribution < 1.29 is 0 Å². The van der Waals surface area contributed by atoms with E-state index in [1.165, 1.54) is 4.90 Å². The zero-order valence-corrected chi connectivity index (χ0v) is 12.9. The van der Waals surface area contributed by atoms with E-state index in [-0.39, 0.29) is 0 Å². The molecule has 0 radical (unpaired) electrons. The van der Waals surface area contributed by atoms with E-state index in [2.05, 4.69) is 39.7 Å². The van der Waals surface area contributed by atoms with Crippen molar-refractivity contribution in [3.05, 3.63) is 26.8 Å². The number of hydrogen-bond donors (Lipinski definition) is 2. The van der Waals surface area contributed by atoms with Gasteiger partial charge in [-0.2, -0.15) is 5.10 Å². The first-order chi connectivity index (χ1) is 8.13. The average Bonchev–Trinajstić information content (AvgIpc) is 2.63. The minimum Gasteiger partial charge on any atom is -0.381 e. The van der Waals surface area contributed by atoms with Crippen LogP contribution in [0.15, 0.2) is 23.1 Å². The van der Waals surface area contributed by atoms with Crippen molar-refractivity contribution in [2.45, 2.75) is 11.8 Å². The molecule has 1 aromatic heterocycles. The van der Waals surface area contributed by atoms with Crippen LogP contribution in [0.2, 0.25) is 5.02 Å². The van der Waals surface area contributed by atoms with Crippen molar-refractivity contribution in [2.75, 3.05) is 11.5 Å². The fourth-order valence-electron chi connectivity index (χ4n) is 1.50. The summed E-state index contributed by atoms with van der Waals surface area (Å²) in [6.45, 7) is 2.12. The van der Waals surface area contributed by atoms with Gasteiger partial charge in [0.25, 0.3) is 0 Å². The molecule has 2 rings (SSSR count). The monoisotopic (exact) mass is 379 g/mol. The van der Waals surface area contributed by atoms with Crippen LogP contribution in [0, 0.1) is 3.57 Å². The van der Waals surface area contributed by atoms with Crippen molar-refractivity contribution in [2.24, 2.45) is 0 Å². The summed E-state index contributed by atoms with van der Waals surface area (Å²) < 4.78 is 0.933. The summed E-state index contributed by atoms with van der Waals surface area (Å²) in [6.07, 6.45) is 0. The Kier molecular flexibility index (Phi) is 4.22. The number of nitrogens with one attached hydrogen (secondary N) is 1. The number of anilines is 1. The summed E-state index contributed by atoms with van der Waals surface area (Å²) in [7, 11) is 0. The van der Waals surface area contributed by atoms with Crippen molar-refractivity contribution in [1.82, 2.24) is 10.2 Å². The van der Waals surface area contributed by atoms with E-state index in [9.17, 15) is 0 Å². The smallest absolute Gasteiger partial charge is 0.159 e. The number of hydrogen-bond acceptors (Lipinski definition) is 3. The normalized spacial score (nSPS) is 10.8. The SMILES string of the molecule is CCSc1ccc(Cl)cc1-c1[nH]nc(N)c1I. The minimum atomic E-state index is 0.521. The predicted octanol–water partition coefficient (Wildman–Crippen LogP) is 4.03. The maximum absolute atomic E-state index is 6.05. The molecule has 0 spiro atoms. The van der Waals surface area contributed by atoms with E-state index >= 15 is 0 Å². The van der Waals surface area contributed by atoms with Gasteiger partial charge in [-0.05, 0) is 46.5 Å². The van der Waals surface area contributed by atoms with Crippen LogP contribution in [0.5, 0.6) is 0 Å². The molecule has 3 nitrogen and oxygen atoms in total. The second kappa shape index (κ2) is 5.49. The summed E-state index contributed by atoms with van der Waals surface area (Å²) in [5.74, 6) is 1.53. The zero-order chi connectivity index (χ0) is 12.4. The lowest BCUT2D eigenvalue weighted by molar-refractivity contribution is 1.10. The summed E-state index contributed by atoms with van der Waals surface area (Å²) in [4.78, 5) is 1.18. The number of aromatic amines is 1.